The number of anilines is 1. The Balaban J connectivity index is 1.64. The molecule has 0 atom stereocenters. The molecule has 2 N–H and O–H groups in total. The summed E-state index contributed by atoms with van der Waals surface area (Å²) in [6, 6.07) is 15.9. The molecular formula is C19H17N3O2S. The maximum atomic E-state index is 11.9. The van der Waals surface area contributed by atoms with Crippen LogP contribution in [-0.4, -0.2) is 26.4 Å². The number of fused-ring (bicyclic) bond motifs is 1. The van der Waals surface area contributed by atoms with Crippen LogP contribution in [0.3, 0.4) is 0 Å². The molecule has 1 aliphatic rings. The monoisotopic (exact) mass is 351 g/mol. The average Bonchev–Trinajstić information content (AvgIpc) is 3.16. The van der Waals surface area contributed by atoms with Gasteiger partial charge < -0.3 is 10.3 Å². The molecule has 2 aromatic carbocycles. The molecule has 0 aliphatic carbocycles. The Labute approximate surface area is 149 Å². The largest absolute Gasteiger partial charge is 0.399 e. The van der Waals surface area contributed by atoms with E-state index in [4.69, 9.17) is 5.73 Å². The summed E-state index contributed by atoms with van der Waals surface area (Å²) in [5.74, 6) is 0.126. The van der Waals surface area contributed by atoms with E-state index in [0.717, 1.165) is 40.5 Å². The van der Waals surface area contributed by atoms with Gasteiger partial charge in [0.15, 0.2) is 0 Å². The number of carbonyl (C=O) groups is 2. The van der Waals surface area contributed by atoms with Gasteiger partial charge in [0, 0.05) is 29.3 Å². The fourth-order valence-electron chi connectivity index (χ4n) is 3.09. The number of nitrogens with two attached hydrogens (primary N) is 1. The number of benzene rings is 2. The van der Waals surface area contributed by atoms with E-state index in [0.29, 0.717) is 6.54 Å². The fourth-order valence-corrected chi connectivity index (χ4v) is 3.81. The molecule has 0 unspecified atom stereocenters. The zero-order chi connectivity index (χ0) is 17.4. The average molecular weight is 351 g/mol. The molecular weight excluding hydrogens is 334 g/mol. The summed E-state index contributed by atoms with van der Waals surface area (Å²) < 4.78 is 2.16. The lowest BCUT2D eigenvalue weighted by atomic mass is 10.1. The van der Waals surface area contributed by atoms with Crippen molar-refractivity contribution in [1.29, 1.82) is 0 Å². The zero-order valence-electron chi connectivity index (χ0n) is 13.5. The highest BCUT2D eigenvalue weighted by Crippen LogP contribution is 2.26. The summed E-state index contributed by atoms with van der Waals surface area (Å²) in [5, 5.41) is 0.902. The number of nitrogen functional groups attached to an aromatic ring is 1. The van der Waals surface area contributed by atoms with E-state index in [1.807, 2.05) is 48.7 Å². The van der Waals surface area contributed by atoms with Crippen LogP contribution < -0.4 is 5.73 Å². The molecule has 4 rings (SSSR count). The van der Waals surface area contributed by atoms with E-state index in [-0.39, 0.29) is 16.9 Å². The van der Waals surface area contributed by atoms with Crippen LogP contribution in [0.2, 0.25) is 0 Å². The van der Waals surface area contributed by atoms with E-state index < -0.39 is 0 Å². The number of aromatic nitrogens is 1. The van der Waals surface area contributed by atoms with Crippen molar-refractivity contribution in [2.24, 2.45) is 0 Å². The Hall–Kier alpha value is -2.73. The molecule has 1 aliphatic heterocycles. The number of amides is 2. The summed E-state index contributed by atoms with van der Waals surface area (Å²) in [7, 11) is 0. The quantitative estimate of drug-likeness (QED) is 0.731. The molecule has 0 saturated carbocycles. The van der Waals surface area contributed by atoms with Crippen LogP contribution in [0.5, 0.6) is 0 Å². The molecule has 126 valence electrons. The molecule has 0 radical (unpaired) electrons. The lowest BCUT2D eigenvalue weighted by Crippen LogP contribution is -2.27. The molecule has 1 aromatic heterocycles. The topological polar surface area (TPSA) is 68.3 Å². The van der Waals surface area contributed by atoms with Gasteiger partial charge in [-0.2, -0.15) is 0 Å². The summed E-state index contributed by atoms with van der Waals surface area (Å²) >= 11 is 1.07. The molecule has 6 heteroatoms. The number of hydrogen-bond acceptors (Lipinski definition) is 4. The van der Waals surface area contributed by atoms with E-state index >= 15 is 0 Å². The Morgan fingerprint density at radius 3 is 2.52 bits per heavy atom. The SMILES string of the molecule is Nc1ccc(Cn2ccc3c(CN4C(=O)CSC4=O)cccc32)cc1. The maximum Gasteiger partial charge on any atom is 0.289 e. The van der Waals surface area contributed by atoms with Gasteiger partial charge in [-0.3, -0.25) is 14.5 Å². The molecule has 1 saturated heterocycles. The Morgan fingerprint density at radius 2 is 1.80 bits per heavy atom. The Morgan fingerprint density at radius 1 is 1.00 bits per heavy atom. The van der Waals surface area contributed by atoms with Crippen molar-refractivity contribution in [1.82, 2.24) is 9.47 Å². The highest BCUT2D eigenvalue weighted by Gasteiger charge is 2.30. The minimum absolute atomic E-state index is 0.117. The van der Waals surface area contributed by atoms with E-state index in [1.165, 1.54) is 10.5 Å². The van der Waals surface area contributed by atoms with Gasteiger partial charge in [-0.1, -0.05) is 36.0 Å². The molecule has 0 spiro atoms. The number of imide groups is 1. The number of nitrogens with zero attached hydrogens (tertiary/aromatic N) is 2. The summed E-state index contributed by atoms with van der Waals surface area (Å²) in [6.45, 7) is 1.07. The predicted molar refractivity (Wildman–Crippen MR) is 100 cm³/mol. The maximum absolute atomic E-state index is 11.9. The number of hydrogen-bond donors (Lipinski definition) is 1. The highest BCUT2D eigenvalue weighted by molar-refractivity contribution is 8.14. The van der Waals surface area contributed by atoms with Crippen LogP contribution in [0.1, 0.15) is 11.1 Å². The van der Waals surface area contributed by atoms with E-state index in [2.05, 4.69) is 10.6 Å². The predicted octanol–water partition coefficient (Wildman–Crippen LogP) is 3.47. The summed E-state index contributed by atoms with van der Waals surface area (Å²) in [6.07, 6.45) is 2.03. The lowest BCUT2D eigenvalue weighted by Gasteiger charge is -2.14. The van der Waals surface area contributed by atoms with Crippen LogP contribution in [0.15, 0.2) is 54.7 Å². The van der Waals surface area contributed by atoms with Gasteiger partial charge in [0.1, 0.15) is 0 Å². The molecule has 5 nitrogen and oxygen atoms in total. The van der Waals surface area contributed by atoms with Gasteiger partial charge in [0.2, 0.25) is 5.91 Å². The van der Waals surface area contributed by atoms with Gasteiger partial charge >= 0.3 is 0 Å². The summed E-state index contributed by atoms with van der Waals surface area (Å²) in [5.41, 5.74) is 9.73. The van der Waals surface area contributed by atoms with Gasteiger partial charge in [-0.15, -0.1) is 0 Å². The van der Waals surface area contributed by atoms with Crippen molar-refractivity contribution < 1.29 is 9.59 Å². The molecule has 0 bridgehead atoms. The molecule has 3 aromatic rings. The first-order valence-corrected chi connectivity index (χ1v) is 8.98. The number of carbonyl (C=O) groups excluding carboxylic acids is 2. The van der Waals surface area contributed by atoms with Crippen molar-refractivity contribution in [3.63, 3.8) is 0 Å². The Kier molecular flexibility index (Phi) is 3.97. The van der Waals surface area contributed by atoms with Crippen molar-refractivity contribution in [3.8, 4) is 0 Å². The first kappa shape index (κ1) is 15.8. The van der Waals surface area contributed by atoms with Crippen molar-refractivity contribution in [3.05, 3.63) is 65.9 Å². The van der Waals surface area contributed by atoms with Crippen LogP contribution in [0.25, 0.3) is 10.9 Å². The number of thioether (sulfide) groups is 1. The van der Waals surface area contributed by atoms with Crippen LogP contribution in [-0.2, 0) is 17.9 Å². The van der Waals surface area contributed by atoms with Crippen LogP contribution >= 0.6 is 11.8 Å². The van der Waals surface area contributed by atoms with Gasteiger partial charge in [0.05, 0.1) is 12.3 Å². The third kappa shape index (κ3) is 3.00. The number of rotatable bonds is 4. The van der Waals surface area contributed by atoms with Gasteiger partial charge in [-0.05, 0) is 35.4 Å². The van der Waals surface area contributed by atoms with Crippen LogP contribution in [0, 0.1) is 0 Å². The van der Waals surface area contributed by atoms with Crippen molar-refractivity contribution in [2.75, 3.05) is 11.5 Å². The first-order chi connectivity index (χ1) is 12.1. The second-order valence-corrected chi connectivity index (χ2v) is 7.00. The summed E-state index contributed by atoms with van der Waals surface area (Å²) in [4.78, 5) is 25.0. The molecule has 2 amide bonds. The van der Waals surface area contributed by atoms with Gasteiger partial charge in [0.25, 0.3) is 5.24 Å². The van der Waals surface area contributed by atoms with Crippen molar-refractivity contribution >= 4 is 39.5 Å². The minimum Gasteiger partial charge on any atom is -0.399 e. The zero-order valence-corrected chi connectivity index (χ0v) is 14.3. The normalized spacial score (nSPS) is 14.6. The van der Waals surface area contributed by atoms with Crippen molar-refractivity contribution in [2.45, 2.75) is 13.1 Å². The highest BCUT2D eigenvalue weighted by atomic mass is 32.2. The standard InChI is InChI=1S/C19H17N3O2S/c20-15-6-4-13(5-7-15)10-21-9-8-16-14(2-1-3-17(16)21)11-22-18(23)12-25-19(22)24/h1-9H,10-12,20H2. The van der Waals surface area contributed by atoms with E-state index in [1.54, 1.807) is 0 Å². The molecule has 25 heavy (non-hydrogen) atoms. The fraction of sp³-hybridized carbons (Fsp3) is 0.158. The van der Waals surface area contributed by atoms with Gasteiger partial charge in [-0.25, -0.2) is 0 Å². The second kappa shape index (κ2) is 6.29. The Bertz CT molecular complexity index is 946. The molecule has 2 heterocycles. The molecule has 1 fully saturated rings. The van der Waals surface area contributed by atoms with Crippen LogP contribution in [0.4, 0.5) is 10.5 Å². The first-order valence-electron chi connectivity index (χ1n) is 8.00. The third-order valence-corrected chi connectivity index (χ3v) is 5.26. The van der Waals surface area contributed by atoms with E-state index in [9.17, 15) is 9.59 Å². The minimum atomic E-state index is -0.164. The third-order valence-electron chi connectivity index (χ3n) is 4.41. The smallest absolute Gasteiger partial charge is 0.289 e. The lowest BCUT2D eigenvalue weighted by molar-refractivity contribution is -0.124. The second-order valence-electron chi connectivity index (χ2n) is 6.07.